The molecule has 40 nitrogen and oxygen atoms in total. The Morgan fingerprint density at radius 2 is 0.704 bits per heavy atom. The van der Waals surface area contributed by atoms with E-state index >= 15 is 0 Å². The quantitative estimate of drug-likeness (QED) is 0.00966. The fourth-order valence-corrected chi connectivity index (χ4v) is 10.6. The molecule has 26 atom stereocenters. The minimum Gasteiger partial charge on any atom is -0.479 e. The van der Waals surface area contributed by atoms with Crippen molar-refractivity contribution in [2.45, 2.75) is 268 Å². The van der Waals surface area contributed by atoms with Crippen molar-refractivity contribution in [3.05, 3.63) is 0 Å². The smallest absolute Gasteiger partial charge is 0.336 e. The molecule has 98 heavy (non-hydrogen) atoms. The number of hydrogen-bond donors (Lipinski definition) is 16. The van der Waals surface area contributed by atoms with E-state index in [-0.39, 0.29) is 25.4 Å². The van der Waals surface area contributed by atoms with E-state index in [0.29, 0.717) is 12.4 Å². The molecule has 558 valence electrons. The van der Waals surface area contributed by atoms with E-state index in [1.54, 1.807) is 0 Å². The Hall–Kier alpha value is -6.36. The summed E-state index contributed by atoms with van der Waals surface area (Å²) in [6, 6.07) is 0. The number of aliphatic carboxylic acids is 6. The minimum atomic E-state index is -2.63. The van der Waals surface area contributed by atoms with Crippen molar-refractivity contribution >= 4 is 72.6 Å². The highest BCUT2D eigenvalue weighted by Crippen LogP contribution is 2.42. The molecule has 4 fully saturated rings. The molecule has 4 aliphatic heterocycles. The molecule has 0 saturated carbocycles. The van der Waals surface area contributed by atoms with Gasteiger partial charge < -0.3 is 138 Å². The molecule has 0 aromatic carbocycles. The number of ether oxygens (including phenoxy) is 12. The SMILES string of the molecule is CC(C)(C)O[C@H]1OC(C(=O)O)[C@@H](OC(/C=N/NC(=O)CCCCC(=O)N/N=C/C(OC(C(=O)O)C(C=O)O[C@@H]2OC(C(=O)O)[C@H](C(C)(C)C)C(O)[C@@H]2O)O[C@H]2C(C(=O)O)O[C@@H](OC(C)(C)C)[C@@H](O)C2O)OC(C(=O)O)C(C=O)O[C@H]2OC(C(=O)O)[C@@H](C(C)(C)C)C(O)[C@H]2O)C(O)[C@H]1O. The number of hydrogen-bond acceptors (Lipinski definition) is 32. The molecule has 40 heteroatoms. The maximum atomic E-state index is 13.1. The van der Waals surface area contributed by atoms with Gasteiger partial charge in [-0.3, -0.25) is 9.59 Å². The molecule has 0 aromatic rings. The topological polar surface area (TPSA) is 613 Å². The number of unbranched alkanes of at least 4 members (excludes halogenated alkanes) is 1. The van der Waals surface area contributed by atoms with Crippen LogP contribution < -0.4 is 10.9 Å². The summed E-state index contributed by atoms with van der Waals surface area (Å²) in [6.07, 6.45) is -53.3. The predicted molar refractivity (Wildman–Crippen MR) is 317 cm³/mol. The average molecular weight is 1420 g/mol. The maximum Gasteiger partial charge on any atom is 0.336 e. The highest BCUT2D eigenvalue weighted by molar-refractivity contribution is 5.81. The van der Waals surface area contributed by atoms with Gasteiger partial charge in [-0.15, -0.1) is 0 Å². The first-order valence-corrected chi connectivity index (χ1v) is 30.4. The lowest BCUT2D eigenvalue weighted by atomic mass is 9.71. The number of carboxylic acids is 6. The van der Waals surface area contributed by atoms with Gasteiger partial charge in [0.15, 0.2) is 99.1 Å². The van der Waals surface area contributed by atoms with E-state index in [1.165, 1.54) is 83.1 Å². The molecular weight excluding hydrogens is 1330 g/mol. The summed E-state index contributed by atoms with van der Waals surface area (Å²) in [7, 11) is 0. The first-order valence-electron chi connectivity index (χ1n) is 30.4. The molecule has 4 saturated heterocycles. The van der Waals surface area contributed by atoms with E-state index in [4.69, 9.17) is 56.8 Å². The Labute approximate surface area is 558 Å². The van der Waals surface area contributed by atoms with Crippen molar-refractivity contribution in [3.63, 3.8) is 0 Å². The van der Waals surface area contributed by atoms with E-state index in [0.717, 1.165) is 0 Å². The van der Waals surface area contributed by atoms with Crippen LogP contribution in [0.25, 0.3) is 0 Å². The van der Waals surface area contributed by atoms with Crippen molar-refractivity contribution in [1.82, 2.24) is 10.9 Å². The monoisotopic (exact) mass is 1420 g/mol. The molecule has 14 unspecified atom stereocenters. The van der Waals surface area contributed by atoms with Crippen LogP contribution in [0, 0.1) is 22.7 Å². The first kappa shape index (κ1) is 84.1. The maximum absolute atomic E-state index is 13.1. The zero-order valence-corrected chi connectivity index (χ0v) is 55.3. The third kappa shape index (κ3) is 23.1. The lowest BCUT2D eigenvalue weighted by Crippen LogP contribution is -2.63. The van der Waals surface area contributed by atoms with Gasteiger partial charge in [0, 0.05) is 24.7 Å². The van der Waals surface area contributed by atoms with Crippen LogP contribution in [0.4, 0.5) is 0 Å². The standard InChI is InChI=1S/C58H90N4O36/c1-55(2,3)27-29(67)33(71)51(93-39(27)47(79)80)87-21(19-63)37(45(75)76)89-25(91-41-31(69)35(73)53(97-57(7,8)9)95-43(41)49(83)84)17-59-61-23(65)15-13-14-16-24(66)62-60-18-26(92-42-32(70)36(74)54(98-58(10,11)12)96-44(42)50(85)86)90-38(46(77)78)22(20-64)88-52-34(72)30(68)28(56(4,5)6)40(94-52)48(81)82/h17-22,25-44,51-54,67-74H,13-16H2,1-12H3,(H,61,65)(H,62,66)(H,75,76)(H,77,78)(H,79,80)(H,81,82)(H,83,84)(H,85,86)/b59-17+,60-18+/t21?,22?,25?,26?,27-,28+,29?,30?,31?,32?,33+,34-,35+,36-,37?,38?,39?,40?,41-,42+,43?,44?,51-,52+,53+,54-. The van der Waals surface area contributed by atoms with Crippen molar-refractivity contribution < 1.29 is 176 Å². The van der Waals surface area contributed by atoms with Crippen molar-refractivity contribution in [2.75, 3.05) is 0 Å². The van der Waals surface area contributed by atoms with E-state index in [1.807, 2.05) is 10.9 Å². The zero-order chi connectivity index (χ0) is 74.6. The Balaban J connectivity index is 1.56. The number of nitrogens with zero attached hydrogens (tertiary/aromatic N) is 2. The number of aldehydes is 2. The molecule has 2 amide bonds. The highest BCUT2D eigenvalue weighted by Gasteiger charge is 2.57. The lowest BCUT2D eigenvalue weighted by Gasteiger charge is -2.46. The largest absolute Gasteiger partial charge is 0.479 e. The summed E-state index contributed by atoms with van der Waals surface area (Å²) >= 11 is 0. The van der Waals surface area contributed by atoms with Gasteiger partial charge in [0.2, 0.25) is 11.8 Å². The molecule has 4 rings (SSSR count). The van der Waals surface area contributed by atoms with Gasteiger partial charge in [-0.2, -0.15) is 10.2 Å². The second kappa shape index (κ2) is 35.3. The van der Waals surface area contributed by atoms with Gasteiger partial charge in [-0.05, 0) is 65.2 Å². The molecule has 4 aliphatic rings. The van der Waals surface area contributed by atoms with E-state index in [2.05, 4.69) is 10.2 Å². The Bertz CT molecular complexity index is 2620. The van der Waals surface area contributed by atoms with Crippen LogP contribution in [0.5, 0.6) is 0 Å². The summed E-state index contributed by atoms with van der Waals surface area (Å²) in [4.78, 5) is 127. The molecule has 0 bridgehead atoms. The van der Waals surface area contributed by atoms with Gasteiger partial charge >= 0.3 is 35.8 Å². The summed E-state index contributed by atoms with van der Waals surface area (Å²) < 4.78 is 65.9. The molecule has 16 N–H and O–H groups in total. The van der Waals surface area contributed by atoms with Crippen LogP contribution in [0.2, 0.25) is 0 Å². The molecular formula is C58H90N4O36. The predicted octanol–water partition coefficient (Wildman–Crippen LogP) is -4.64. The van der Waals surface area contributed by atoms with E-state index in [9.17, 15) is 119 Å². The number of carbonyl (C=O) groups is 10. The third-order valence-electron chi connectivity index (χ3n) is 15.1. The number of carboxylic acid groups (broad SMARTS) is 6. The average Bonchev–Trinajstić information content (AvgIpc) is 0.784. The van der Waals surface area contributed by atoms with Crippen LogP contribution in [0.3, 0.4) is 0 Å². The second-order valence-corrected chi connectivity index (χ2v) is 27.3. The lowest BCUT2D eigenvalue weighted by molar-refractivity contribution is -0.333. The summed E-state index contributed by atoms with van der Waals surface area (Å²) in [5.41, 5.74) is -0.297. The van der Waals surface area contributed by atoms with Crippen LogP contribution >= 0.6 is 0 Å². The number of aliphatic hydroxyl groups is 8. The zero-order valence-electron chi connectivity index (χ0n) is 55.3. The van der Waals surface area contributed by atoms with Gasteiger partial charge in [-0.25, -0.2) is 39.6 Å². The summed E-state index contributed by atoms with van der Waals surface area (Å²) in [6.45, 7) is 18.1. The van der Waals surface area contributed by atoms with Crippen molar-refractivity contribution in [2.24, 2.45) is 32.9 Å². The normalized spacial score (nSPS) is 33.1. The van der Waals surface area contributed by atoms with Crippen LogP contribution in [0.15, 0.2) is 10.2 Å². The molecule has 4 heterocycles. The molecule has 0 spiro atoms. The summed E-state index contributed by atoms with van der Waals surface area (Å²) in [5, 5.41) is 157. The Morgan fingerprint density at radius 3 is 0.959 bits per heavy atom. The first-order chi connectivity index (χ1) is 45.1. The van der Waals surface area contributed by atoms with Crippen LogP contribution in [0.1, 0.15) is 109 Å². The van der Waals surface area contributed by atoms with Gasteiger partial charge in [0.05, 0.1) is 35.8 Å². The number of rotatable bonds is 33. The third-order valence-corrected chi connectivity index (χ3v) is 15.1. The van der Waals surface area contributed by atoms with Crippen LogP contribution in [-0.2, 0) is 105 Å². The molecule has 0 aliphatic carbocycles. The Kier molecular flexibility index (Phi) is 30.3. The van der Waals surface area contributed by atoms with Crippen molar-refractivity contribution in [3.8, 4) is 0 Å². The Morgan fingerprint density at radius 1 is 0.418 bits per heavy atom. The molecule has 0 radical (unpaired) electrons. The fourth-order valence-electron chi connectivity index (χ4n) is 10.6. The van der Waals surface area contributed by atoms with Gasteiger partial charge in [0.25, 0.3) is 0 Å². The van der Waals surface area contributed by atoms with E-state index < -0.39 is 242 Å². The van der Waals surface area contributed by atoms with Gasteiger partial charge in [0.1, 0.15) is 48.8 Å². The minimum absolute atomic E-state index is 0.167. The van der Waals surface area contributed by atoms with Gasteiger partial charge in [-0.1, -0.05) is 41.5 Å². The number of aliphatic hydroxyl groups excluding tert-OH is 8. The molecule has 0 aromatic heterocycles. The van der Waals surface area contributed by atoms with Crippen molar-refractivity contribution in [1.29, 1.82) is 0 Å². The number of hydrazone groups is 2. The number of carbonyl (C=O) groups excluding carboxylic acids is 4. The number of amides is 2. The highest BCUT2D eigenvalue weighted by atomic mass is 16.8. The van der Waals surface area contributed by atoms with Crippen LogP contribution in [-0.4, -0.2) is 303 Å². The fraction of sp³-hybridized carbons (Fsp3) is 0.793. The summed E-state index contributed by atoms with van der Waals surface area (Å²) in [5.74, 6) is -15.7. The second-order valence-electron chi connectivity index (χ2n) is 27.3. The number of nitrogens with one attached hydrogen (secondary N) is 2.